The quantitative estimate of drug-likeness (QED) is 0.712. The van der Waals surface area contributed by atoms with E-state index in [1.165, 1.54) is 18.2 Å². The molecule has 1 aromatic rings. The minimum atomic E-state index is -3.43. The molecule has 2 atom stereocenters. The highest BCUT2D eigenvalue weighted by Gasteiger charge is 2.25. The molecule has 0 saturated heterocycles. The second-order valence-corrected chi connectivity index (χ2v) is 7.51. The van der Waals surface area contributed by atoms with Crippen molar-refractivity contribution in [3.63, 3.8) is 0 Å². The van der Waals surface area contributed by atoms with E-state index in [2.05, 4.69) is 5.32 Å². The third-order valence-electron chi connectivity index (χ3n) is 3.67. The molecule has 0 aliphatic heterocycles. The van der Waals surface area contributed by atoms with E-state index in [9.17, 15) is 18.3 Å². The molecule has 4 N–H and O–H groups in total. The van der Waals surface area contributed by atoms with Gasteiger partial charge in [-0.05, 0) is 31.0 Å². The Labute approximate surface area is 124 Å². The molecule has 1 saturated carbocycles. The first-order valence-corrected chi connectivity index (χ1v) is 8.76. The number of hydrogen-bond acceptors (Lipinski definition) is 5. The van der Waals surface area contributed by atoms with Gasteiger partial charge >= 0.3 is 0 Å². The van der Waals surface area contributed by atoms with Gasteiger partial charge in [0.25, 0.3) is 5.91 Å². The molecule has 1 aromatic carbocycles. The molecular formula is C14H20N2O4S. The van der Waals surface area contributed by atoms with Crippen molar-refractivity contribution < 1.29 is 18.3 Å². The molecule has 0 bridgehead atoms. The van der Waals surface area contributed by atoms with Crippen LogP contribution in [0.2, 0.25) is 0 Å². The summed E-state index contributed by atoms with van der Waals surface area (Å²) < 4.78 is 23.1. The van der Waals surface area contributed by atoms with Crippen molar-refractivity contribution in [1.29, 1.82) is 0 Å². The maximum Gasteiger partial charge on any atom is 0.251 e. The number of nitrogens with one attached hydrogen (secondary N) is 1. The minimum Gasteiger partial charge on any atom is -0.399 e. The van der Waals surface area contributed by atoms with Crippen LogP contribution in [0.1, 0.15) is 36.0 Å². The molecule has 0 heterocycles. The van der Waals surface area contributed by atoms with Gasteiger partial charge in [-0.1, -0.05) is 12.8 Å². The zero-order valence-corrected chi connectivity index (χ0v) is 12.7. The monoisotopic (exact) mass is 312 g/mol. The number of nitrogens with two attached hydrogens (primary N) is 1. The first-order valence-electron chi connectivity index (χ1n) is 6.87. The number of carbonyl (C=O) groups is 1. The van der Waals surface area contributed by atoms with Crippen molar-refractivity contribution in [1.82, 2.24) is 5.32 Å². The number of amides is 1. The second-order valence-electron chi connectivity index (χ2n) is 5.49. The molecule has 1 aliphatic carbocycles. The van der Waals surface area contributed by atoms with Crippen molar-refractivity contribution in [3.8, 4) is 0 Å². The molecule has 21 heavy (non-hydrogen) atoms. The van der Waals surface area contributed by atoms with Gasteiger partial charge in [-0.15, -0.1) is 0 Å². The number of sulfone groups is 1. The first kappa shape index (κ1) is 15.8. The zero-order chi connectivity index (χ0) is 15.6. The zero-order valence-electron chi connectivity index (χ0n) is 11.9. The van der Waals surface area contributed by atoms with E-state index in [4.69, 9.17) is 5.73 Å². The molecule has 0 unspecified atom stereocenters. The normalized spacial score (nSPS) is 22.8. The van der Waals surface area contributed by atoms with Gasteiger partial charge in [0.1, 0.15) is 0 Å². The number of benzene rings is 1. The fourth-order valence-electron chi connectivity index (χ4n) is 2.50. The number of carbonyl (C=O) groups excluding carboxylic acids is 1. The van der Waals surface area contributed by atoms with Crippen molar-refractivity contribution in [2.24, 2.45) is 0 Å². The summed E-state index contributed by atoms with van der Waals surface area (Å²) in [6.07, 6.45) is 3.79. The number of hydrogen-bond donors (Lipinski definition) is 3. The molecular weight excluding hydrogens is 292 g/mol. The van der Waals surface area contributed by atoms with Crippen LogP contribution in [0.15, 0.2) is 23.1 Å². The molecule has 6 nitrogen and oxygen atoms in total. The smallest absolute Gasteiger partial charge is 0.251 e. The standard InChI is InChI=1S/C14H20N2O4S/c1-21(19,20)11-7-9(6-10(15)8-11)14(18)16-12-4-2-3-5-13(12)17/h6-8,12-13,17H,2-5,15H2,1H3,(H,16,18)/t12-,13-/m1/s1. The summed E-state index contributed by atoms with van der Waals surface area (Å²) in [5.74, 6) is -0.418. The van der Waals surface area contributed by atoms with Crippen LogP contribution in [0, 0.1) is 0 Å². The van der Waals surface area contributed by atoms with Gasteiger partial charge in [-0.2, -0.15) is 0 Å². The lowest BCUT2D eigenvalue weighted by atomic mass is 9.92. The summed E-state index contributed by atoms with van der Waals surface area (Å²) in [7, 11) is -3.43. The second kappa shape index (κ2) is 6.03. The largest absolute Gasteiger partial charge is 0.399 e. The van der Waals surface area contributed by atoms with E-state index in [-0.39, 0.29) is 22.2 Å². The number of nitrogen functional groups attached to an aromatic ring is 1. The summed E-state index contributed by atoms with van der Waals surface area (Å²) in [6, 6.07) is 3.76. The fraction of sp³-hybridized carbons (Fsp3) is 0.500. The third kappa shape index (κ3) is 3.95. The van der Waals surface area contributed by atoms with E-state index in [1.807, 2.05) is 0 Å². The van der Waals surface area contributed by atoms with Crippen LogP contribution >= 0.6 is 0 Å². The van der Waals surface area contributed by atoms with Crippen LogP contribution in [0.3, 0.4) is 0 Å². The van der Waals surface area contributed by atoms with Crippen LogP contribution in [-0.2, 0) is 9.84 Å². The Hall–Kier alpha value is -1.60. The molecule has 1 aliphatic rings. The van der Waals surface area contributed by atoms with Gasteiger partial charge in [0, 0.05) is 17.5 Å². The summed E-state index contributed by atoms with van der Waals surface area (Å²) in [5, 5.41) is 12.6. The van der Waals surface area contributed by atoms with Gasteiger partial charge in [0.2, 0.25) is 0 Å². The Kier molecular flexibility index (Phi) is 4.53. The summed E-state index contributed by atoms with van der Waals surface area (Å²) in [6.45, 7) is 0. The first-order chi connectivity index (χ1) is 9.77. The van der Waals surface area contributed by atoms with Crippen LogP contribution in [0.25, 0.3) is 0 Å². The average Bonchev–Trinajstić information content (AvgIpc) is 2.39. The summed E-state index contributed by atoms with van der Waals surface area (Å²) >= 11 is 0. The lowest BCUT2D eigenvalue weighted by molar-refractivity contribution is 0.0717. The Morgan fingerprint density at radius 1 is 1.29 bits per heavy atom. The van der Waals surface area contributed by atoms with E-state index >= 15 is 0 Å². The highest BCUT2D eigenvalue weighted by atomic mass is 32.2. The maximum absolute atomic E-state index is 12.2. The van der Waals surface area contributed by atoms with Crippen molar-refractivity contribution in [2.75, 3.05) is 12.0 Å². The van der Waals surface area contributed by atoms with Gasteiger partial charge in [-0.25, -0.2) is 8.42 Å². The van der Waals surface area contributed by atoms with Crippen LogP contribution in [0.4, 0.5) is 5.69 Å². The highest BCUT2D eigenvalue weighted by Crippen LogP contribution is 2.20. The molecule has 0 radical (unpaired) electrons. The van der Waals surface area contributed by atoms with Gasteiger partial charge in [0.15, 0.2) is 9.84 Å². The predicted octanol–water partition coefficient (Wildman–Crippen LogP) is 0.706. The number of rotatable bonds is 3. The SMILES string of the molecule is CS(=O)(=O)c1cc(N)cc(C(=O)N[C@@H]2CCCC[C@H]2O)c1. The van der Waals surface area contributed by atoms with Gasteiger partial charge in [0.05, 0.1) is 17.0 Å². The topological polar surface area (TPSA) is 109 Å². The molecule has 2 rings (SSSR count). The van der Waals surface area contributed by atoms with Gasteiger partial charge in [-0.3, -0.25) is 4.79 Å². The molecule has 116 valence electrons. The van der Waals surface area contributed by atoms with Crippen molar-refractivity contribution in [3.05, 3.63) is 23.8 Å². The Morgan fingerprint density at radius 2 is 1.95 bits per heavy atom. The minimum absolute atomic E-state index is 0.0110. The highest BCUT2D eigenvalue weighted by molar-refractivity contribution is 7.90. The number of anilines is 1. The van der Waals surface area contributed by atoms with Crippen LogP contribution in [-0.4, -0.2) is 37.8 Å². The Balaban J connectivity index is 2.21. The third-order valence-corrected chi connectivity index (χ3v) is 4.76. The Bertz CT molecular complexity index is 642. The lowest BCUT2D eigenvalue weighted by Crippen LogP contribution is -2.45. The van der Waals surface area contributed by atoms with Crippen molar-refractivity contribution >= 4 is 21.4 Å². The molecule has 0 spiro atoms. The maximum atomic E-state index is 12.2. The van der Waals surface area contributed by atoms with E-state index in [0.29, 0.717) is 12.8 Å². The lowest BCUT2D eigenvalue weighted by Gasteiger charge is -2.28. The summed E-state index contributed by atoms with van der Waals surface area (Å²) in [4.78, 5) is 12.2. The fourth-order valence-corrected chi connectivity index (χ4v) is 3.19. The molecule has 1 amide bonds. The van der Waals surface area contributed by atoms with Gasteiger partial charge < -0.3 is 16.2 Å². The summed E-state index contributed by atoms with van der Waals surface area (Å²) in [5.41, 5.74) is 6.06. The van der Waals surface area contributed by atoms with E-state index in [0.717, 1.165) is 19.1 Å². The number of aliphatic hydroxyl groups excluding tert-OH is 1. The molecule has 1 fully saturated rings. The number of aliphatic hydroxyl groups is 1. The predicted molar refractivity (Wildman–Crippen MR) is 79.7 cm³/mol. The Morgan fingerprint density at radius 3 is 2.57 bits per heavy atom. The van der Waals surface area contributed by atoms with Crippen LogP contribution in [0.5, 0.6) is 0 Å². The van der Waals surface area contributed by atoms with Crippen LogP contribution < -0.4 is 11.1 Å². The van der Waals surface area contributed by atoms with E-state index < -0.39 is 21.8 Å². The average molecular weight is 312 g/mol. The van der Waals surface area contributed by atoms with Crippen molar-refractivity contribution in [2.45, 2.75) is 42.7 Å². The molecule has 7 heteroatoms. The molecule has 0 aromatic heterocycles. The van der Waals surface area contributed by atoms with E-state index in [1.54, 1.807) is 0 Å².